The molecule has 33 heavy (non-hydrogen) atoms. The van der Waals surface area contributed by atoms with Crippen LogP contribution in [-0.2, 0) is 10.0 Å². The summed E-state index contributed by atoms with van der Waals surface area (Å²) in [6, 6.07) is 22.3. The van der Waals surface area contributed by atoms with Gasteiger partial charge in [-0.1, -0.05) is 67.1 Å². The van der Waals surface area contributed by atoms with Crippen molar-refractivity contribution in [2.24, 2.45) is 0 Å². The van der Waals surface area contributed by atoms with Crippen molar-refractivity contribution in [3.05, 3.63) is 101 Å². The predicted octanol–water partition coefficient (Wildman–Crippen LogP) is 5.57. The lowest BCUT2D eigenvalue weighted by Crippen LogP contribution is -2.29. The van der Waals surface area contributed by atoms with Gasteiger partial charge in [-0.05, 0) is 42.3 Å². The smallest absolute Gasteiger partial charge is 0.264 e. The molecule has 1 heterocycles. The molecule has 0 fully saturated rings. The minimum absolute atomic E-state index is 0.0256. The summed E-state index contributed by atoms with van der Waals surface area (Å²) in [5, 5.41) is 4.00. The number of amides is 1. The van der Waals surface area contributed by atoms with Crippen LogP contribution in [0.2, 0.25) is 5.02 Å². The number of carbonyl (C=O) groups is 1. The van der Waals surface area contributed by atoms with Crippen LogP contribution in [0, 0.1) is 0 Å². The van der Waals surface area contributed by atoms with Gasteiger partial charge in [-0.15, -0.1) is 0 Å². The van der Waals surface area contributed by atoms with Crippen LogP contribution in [0.15, 0.2) is 90.0 Å². The Balaban J connectivity index is 1.68. The lowest BCUT2D eigenvalue weighted by molar-refractivity contribution is 0.0936. The lowest BCUT2D eigenvalue weighted by Gasteiger charge is -2.19. The van der Waals surface area contributed by atoms with E-state index in [0.29, 0.717) is 22.3 Å². The Morgan fingerprint density at radius 2 is 1.76 bits per heavy atom. The fraction of sp³-hybridized carbons (Fsp3) is 0.120. The third-order valence-electron chi connectivity index (χ3n) is 5.27. The molecule has 0 saturated carbocycles. The summed E-state index contributed by atoms with van der Waals surface area (Å²) in [4.78, 5) is 17.4. The molecule has 0 unspecified atom stereocenters. The molecule has 0 aliphatic rings. The number of anilines is 1. The number of hydrogen-bond donors (Lipinski definition) is 2. The molecule has 8 heteroatoms. The fourth-order valence-corrected chi connectivity index (χ4v) is 5.06. The van der Waals surface area contributed by atoms with Crippen LogP contribution in [0.3, 0.4) is 0 Å². The number of nitrogens with one attached hydrogen (secondary N) is 2. The van der Waals surface area contributed by atoms with E-state index in [1.165, 1.54) is 30.5 Å². The van der Waals surface area contributed by atoms with E-state index < -0.39 is 15.9 Å². The zero-order valence-corrected chi connectivity index (χ0v) is 19.4. The van der Waals surface area contributed by atoms with Crippen molar-refractivity contribution < 1.29 is 13.2 Å². The summed E-state index contributed by atoms with van der Waals surface area (Å²) < 4.78 is 29.1. The van der Waals surface area contributed by atoms with Gasteiger partial charge in [0.2, 0.25) is 0 Å². The molecule has 0 aliphatic heterocycles. The summed E-state index contributed by atoms with van der Waals surface area (Å²) >= 11 is 6.15. The van der Waals surface area contributed by atoms with Gasteiger partial charge >= 0.3 is 0 Å². The zero-order valence-electron chi connectivity index (χ0n) is 17.8. The molecule has 0 saturated heterocycles. The average molecular weight is 480 g/mol. The minimum Gasteiger partial charge on any atom is -0.345 e. The number of pyridine rings is 1. The summed E-state index contributed by atoms with van der Waals surface area (Å²) in [5.41, 5.74) is 1.57. The second-order valence-corrected chi connectivity index (χ2v) is 9.56. The molecule has 1 aromatic heterocycles. The Labute approximate surface area is 197 Å². The molecular weight excluding hydrogens is 458 g/mol. The molecule has 4 aromatic rings. The summed E-state index contributed by atoms with van der Waals surface area (Å²) in [6.07, 6.45) is 2.20. The van der Waals surface area contributed by atoms with Crippen molar-refractivity contribution in [2.45, 2.75) is 24.3 Å². The first kappa shape index (κ1) is 22.8. The van der Waals surface area contributed by atoms with E-state index in [-0.39, 0.29) is 22.2 Å². The maximum Gasteiger partial charge on any atom is 0.264 e. The maximum atomic E-state index is 13.3. The highest BCUT2D eigenvalue weighted by Gasteiger charge is 2.23. The average Bonchev–Trinajstić information content (AvgIpc) is 2.83. The topological polar surface area (TPSA) is 88.2 Å². The van der Waals surface area contributed by atoms with Crippen molar-refractivity contribution in [1.82, 2.24) is 10.3 Å². The molecule has 168 valence electrons. The zero-order chi connectivity index (χ0) is 23.4. The second kappa shape index (κ2) is 9.60. The number of benzene rings is 3. The van der Waals surface area contributed by atoms with E-state index in [9.17, 15) is 13.2 Å². The standard InChI is InChI=1S/C25H22ClN3O3S/c1-2-21(17-8-4-3-5-9-17)28-25(30)20-16-19(26)13-14-22(20)29-33(31,32)23-12-6-10-18-11-7-15-27-24(18)23/h3-16,21,29H,2H2,1H3,(H,28,30)/t21-/m0/s1. The second-order valence-electron chi connectivity index (χ2n) is 7.47. The largest absolute Gasteiger partial charge is 0.345 e. The molecule has 3 aromatic carbocycles. The van der Waals surface area contributed by atoms with Gasteiger partial charge in [0.1, 0.15) is 4.90 Å². The quantitative estimate of drug-likeness (QED) is 0.362. The number of para-hydroxylation sites is 1. The SMILES string of the molecule is CC[C@H](NC(=O)c1cc(Cl)ccc1NS(=O)(=O)c1cccc2cccnc12)c1ccccc1. The Morgan fingerprint density at radius 3 is 2.52 bits per heavy atom. The molecule has 0 aliphatic carbocycles. The molecule has 0 bridgehead atoms. The molecule has 0 radical (unpaired) electrons. The summed E-state index contributed by atoms with van der Waals surface area (Å²) in [6.45, 7) is 1.97. The van der Waals surface area contributed by atoms with Crippen LogP contribution in [0.5, 0.6) is 0 Å². The third kappa shape index (κ3) is 4.99. The Kier molecular flexibility index (Phi) is 6.62. The summed E-state index contributed by atoms with van der Waals surface area (Å²) in [7, 11) is -4.03. The van der Waals surface area contributed by atoms with Gasteiger partial charge in [0, 0.05) is 16.6 Å². The van der Waals surface area contributed by atoms with E-state index in [1.807, 2.05) is 37.3 Å². The minimum atomic E-state index is -4.03. The Bertz CT molecular complexity index is 1400. The molecule has 6 nitrogen and oxygen atoms in total. The van der Waals surface area contributed by atoms with Crippen molar-refractivity contribution >= 4 is 44.1 Å². The van der Waals surface area contributed by atoms with E-state index in [0.717, 1.165) is 5.56 Å². The molecule has 1 atom stereocenters. The van der Waals surface area contributed by atoms with Crippen molar-refractivity contribution in [3.8, 4) is 0 Å². The van der Waals surface area contributed by atoms with E-state index in [1.54, 1.807) is 24.3 Å². The van der Waals surface area contributed by atoms with Gasteiger partial charge in [0.15, 0.2) is 0 Å². The number of halogens is 1. The molecular formula is C25H22ClN3O3S. The normalized spacial score (nSPS) is 12.3. The highest BCUT2D eigenvalue weighted by atomic mass is 35.5. The molecule has 4 rings (SSSR count). The number of sulfonamides is 1. The van der Waals surface area contributed by atoms with Gasteiger partial charge in [-0.2, -0.15) is 0 Å². The third-order valence-corrected chi connectivity index (χ3v) is 6.90. The van der Waals surface area contributed by atoms with Crippen molar-refractivity contribution in [1.29, 1.82) is 0 Å². The first-order chi connectivity index (χ1) is 15.9. The first-order valence-corrected chi connectivity index (χ1v) is 12.3. The predicted molar refractivity (Wildman–Crippen MR) is 131 cm³/mol. The number of rotatable bonds is 7. The molecule has 0 spiro atoms. The number of fused-ring (bicyclic) bond motifs is 1. The van der Waals surface area contributed by atoms with Crippen LogP contribution < -0.4 is 10.0 Å². The van der Waals surface area contributed by atoms with E-state index in [4.69, 9.17) is 11.6 Å². The van der Waals surface area contributed by atoms with Gasteiger partial charge in [0.25, 0.3) is 15.9 Å². The van der Waals surface area contributed by atoms with Crippen LogP contribution in [0.4, 0.5) is 5.69 Å². The number of carbonyl (C=O) groups excluding carboxylic acids is 1. The van der Waals surface area contributed by atoms with Crippen LogP contribution >= 0.6 is 11.6 Å². The van der Waals surface area contributed by atoms with Crippen LogP contribution in [0.25, 0.3) is 10.9 Å². The maximum absolute atomic E-state index is 13.3. The van der Waals surface area contributed by atoms with Gasteiger partial charge in [-0.25, -0.2) is 8.42 Å². The van der Waals surface area contributed by atoms with Crippen LogP contribution in [-0.4, -0.2) is 19.3 Å². The number of nitrogens with zero attached hydrogens (tertiary/aromatic N) is 1. The van der Waals surface area contributed by atoms with E-state index in [2.05, 4.69) is 15.0 Å². The highest BCUT2D eigenvalue weighted by Crippen LogP contribution is 2.27. The first-order valence-electron chi connectivity index (χ1n) is 10.4. The fourth-order valence-electron chi connectivity index (χ4n) is 3.63. The molecule has 2 N–H and O–H groups in total. The summed E-state index contributed by atoms with van der Waals surface area (Å²) in [5.74, 6) is -0.429. The Hall–Kier alpha value is -3.42. The Morgan fingerprint density at radius 1 is 1.00 bits per heavy atom. The molecule has 1 amide bonds. The number of hydrogen-bond acceptors (Lipinski definition) is 4. The monoisotopic (exact) mass is 479 g/mol. The van der Waals surface area contributed by atoms with E-state index >= 15 is 0 Å². The van der Waals surface area contributed by atoms with Gasteiger partial charge in [-0.3, -0.25) is 14.5 Å². The number of aromatic nitrogens is 1. The van der Waals surface area contributed by atoms with Crippen molar-refractivity contribution in [3.63, 3.8) is 0 Å². The van der Waals surface area contributed by atoms with Gasteiger partial charge < -0.3 is 5.32 Å². The lowest BCUT2D eigenvalue weighted by atomic mass is 10.0. The van der Waals surface area contributed by atoms with Crippen LogP contribution in [0.1, 0.15) is 35.3 Å². The highest BCUT2D eigenvalue weighted by molar-refractivity contribution is 7.93. The van der Waals surface area contributed by atoms with Crippen molar-refractivity contribution in [2.75, 3.05) is 4.72 Å². The van der Waals surface area contributed by atoms with Gasteiger partial charge in [0.05, 0.1) is 22.8 Å².